The second-order valence-electron chi connectivity index (χ2n) is 3.97. The van der Waals surface area contributed by atoms with Gasteiger partial charge in [-0.3, -0.25) is 4.79 Å². The Bertz CT molecular complexity index is 334. The van der Waals surface area contributed by atoms with Crippen LogP contribution in [0.4, 0.5) is 0 Å². The zero-order valence-corrected chi connectivity index (χ0v) is 9.41. The van der Waals surface area contributed by atoms with Gasteiger partial charge in [0.2, 0.25) is 5.91 Å². The minimum absolute atomic E-state index is 0.200. The maximum atomic E-state index is 10.7. The summed E-state index contributed by atoms with van der Waals surface area (Å²) in [5.74, 6) is 1.09. The van der Waals surface area contributed by atoms with Crippen molar-refractivity contribution in [2.75, 3.05) is 0 Å². The number of carbonyl (C=O) groups excluding carboxylic acids is 1. The van der Waals surface area contributed by atoms with E-state index in [0.29, 0.717) is 5.92 Å². The Morgan fingerprint density at radius 3 is 2.67 bits per heavy atom. The summed E-state index contributed by atoms with van der Waals surface area (Å²) in [5, 5.41) is 0. The highest BCUT2D eigenvalue weighted by molar-refractivity contribution is 5.71. The molecule has 1 N–H and O–H groups in total. The van der Waals surface area contributed by atoms with Gasteiger partial charge in [-0.25, -0.2) is 0 Å². The summed E-state index contributed by atoms with van der Waals surface area (Å²) in [5.41, 5.74) is 3.45. The molecule has 0 heterocycles. The number of nitrogens with one attached hydrogen (secondary N) is 1. The molecule has 82 valence electrons. The number of carbonyl (C=O) groups is 1. The molecule has 0 saturated carbocycles. The molecule has 0 aromatic heterocycles. The van der Waals surface area contributed by atoms with Crippen LogP contribution in [0, 0.1) is 5.92 Å². The summed E-state index contributed by atoms with van der Waals surface area (Å²) in [6, 6.07) is 7.73. The molecule has 3 heteroatoms. The molecule has 1 aromatic carbocycles. The van der Waals surface area contributed by atoms with Crippen molar-refractivity contribution in [1.82, 2.24) is 5.48 Å². The number of para-hydroxylation sites is 1. The smallest absolute Gasteiger partial charge is 0.249 e. The highest BCUT2D eigenvalue weighted by atomic mass is 16.7. The maximum Gasteiger partial charge on any atom is 0.249 e. The molecule has 3 nitrogen and oxygen atoms in total. The van der Waals surface area contributed by atoms with Gasteiger partial charge in [0.25, 0.3) is 0 Å². The summed E-state index contributed by atoms with van der Waals surface area (Å²) < 4.78 is 0. The first kappa shape index (κ1) is 11.6. The highest BCUT2D eigenvalue weighted by Gasteiger charge is 2.05. The Kier molecular flexibility index (Phi) is 4.16. The van der Waals surface area contributed by atoms with Gasteiger partial charge in [0.1, 0.15) is 0 Å². The molecule has 0 aliphatic carbocycles. The lowest BCUT2D eigenvalue weighted by Crippen LogP contribution is -2.24. The first-order chi connectivity index (χ1) is 7.09. The van der Waals surface area contributed by atoms with E-state index in [1.165, 1.54) is 6.92 Å². The van der Waals surface area contributed by atoms with E-state index in [2.05, 4.69) is 19.3 Å². The lowest BCUT2D eigenvalue weighted by molar-refractivity contribution is -0.125. The minimum atomic E-state index is -0.200. The third-order valence-corrected chi connectivity index (χ3v) is 1.91. The van der Waals surface area contributed by atoms with Crippen molar-refractivity contribution in [3.05, 3.63) is 29.8 Å². The minimum Gasteiger partial charge on any atom is -0.379 e. The molecule has 0 unspecified atom stereocenters. The van der Waals surface area contributed by atoms with E-state index >= 15 is 0 Å². The molecule has 0 atom stereocenters. The predicted octanol–water partition coefficient (Wildman–Crippen LogP) is 2.32. The molecule has 0 spiro atoms. The summed E-state index contributed by atoms with van der Waals surface area (Å²) in [6.45, 7) is 5.72. The van der Waals surface area contributed by atoms with Crippen molar-refractivity contribution in [3.8, 4) is 5.75 Å². The molecule has 1 aromatic rings. The van der Waals surface area contributed by atoms with Crippen LogP contribution in [0.1, 0.15) is 26.3 Å². The fourth-order valence-electron chi connectivity index (χ4n) is 1.34. The van der Waals surface area contributed by atoms with E-state index in [0.717, 1.165) is 17.7 Å². The lowest BCUT2D eigenvalue weighted by Gasteiger charge is -2.11. The van der Waals surface area contributed by atoms with Gasteiger partial charge in [-0.1, -0.05) is 32.0 Å². The quantitative estimate of drug-likeness (QED) is 0.769. The fraction of sp³-hybridized carbons (Fsp3) is 0.417. The largest absolute Gasteiger partial charge is 0.379 e. The second kappa shape index (κ2) is 5.39. The number of hydrogen-bond donors (Lipinski definition) is 1. The standard InChI is InChI=1S/C12H17NO2/c1-9(2)8-11-6-4-5-7-12(11)15-13-10(3)14/h4-7,9H,8H2,1-3H3,(H,13,14). The number of benzene rings is 1. The van der Waals surface area contributed by atoms with E-state index in [4.69, 9.17) is 4.84 Å². The van der Waals surface area contributed by atoms with Crippen LogP contribution in [0.15, 0.2) is 24.3 Å². The summed E-state index contributed by atoms with van der Waals surface area (Å²) in [6.07, 6.45) is 0.940. The first-order valence-electron chi connectivity index (χ1n) is 5.11. The van der Waals surface area contributed by atoms with Crippen LogP contribution in [0.3, 0.4) is 0 Å². The van der Waals surface area contributed by atoms with Crippen molar-refractivity contribution in [1.29, 1.82) is 0 Å². The van der Waals surface area contributed by atoms with E-state index in [9.17, 15) is 4.79 Å². The lowest BCUT2D eigenvalue weighted by atomic mass is 10.0. The van der Waals surface area contributed by atoms with E-state index in [1.807, 2.05) is 24.3 Å². The Hall–Kier alpha value is -1.51. The van der Waals surface area contributed by atoms with E-state index < -0.39 is 0 Å². The van der Waals surface area contributed by atoms with Crippen LogP contribution in [0.2, 0.25) is 0 Å². The Balaban J connectivity index is 2.72. The van der Waals surface area contributed by atoms with Gasteiger partial charge < -0.3 is 4.84 Å². The van der Waals surface area contributed by atoms with Crippen molar-refractivity contribution in [2.45, 2.75) is 27.2 Å². The predicted molar refractivity (Wildman–Crippen MR) is 59.4 cm³/mol. The zero-order valence-electron chi connectivity index (χ0n) is 9.41. The monoisotopic (exact) mass is 207 g/mol. The number of rotatable bonds is 4. The van der Waals surface area contributed by atoms with Crippen LogP contribution >= 0.6 is 0 Å². The molecule has 0 bridgehead atoms. The van der Waals surface area contributed by atoms with Crippen LogP contribution in [0.25, 0.3) is 0 Å². The van der Waals surface area contributed by atoms with Crippen molar-refractivity contribution in [2.24, 2.45) is 5.92 Å². The summed E-state index contributed by atoms with van der Waals surface area (Å²) in [4.78, 5) is 15.9. The molecule has 0 saturated heterocycles. The molecule has 1 amide bonds. The van der Waals surface area contributed by atoms with E-state index in [1.54, 1.807) is 0 Å². The van der Waals surface area contributed by atoms with Gasteiger partial charge >= 0.3 is 0 Å². The Morgan fingerprint density at radius 1 is 1.40 bits per heavy atom. The normalized spacial score (nSPS) is 10.1. The third-order valence-electron chi connectivity index (χ3n) is 1.91. The molecule has 0 aliphatic heterocycles. The van der Waals surface area contributed by atoms with E-state index in [-0.39, 0.29) is 5.91 Å². The average Bonchev–Trinajstić information content (AvgIpc) is 2.15. The first-order valence-corrected chi connectivity index (χ1v) is 5.11. The number of hydroxylamine groups is 1. The molecule has 0 fully saturated rings. The Morgan fingerprint density at radius 2 is 2.07 bits per heavy atom. The van der Waals surface area contributed by atoms with Crippen LogP contribution in [-0.2, 0) is 11.2 Å². The molecule has 1 rings (SSSR count). The highest BCUT2D eigenvalue weighted by Crippen LogP contribution is 2.20. The van der Waals surface area contributed by atoms with Gasteiger partial charge in [0, 0.05) is 6.92 Å². The second-order valence-corrected chi connectivity index (χ2v) is 3.97. The van der Waals surface area contributed by atoms with Gasteiger partial charge in [0.05, 0.1) is 0 Å². The maximum absolute atomic E-state index is 10.7. The van der Waals surface area contributed by atoms with Gasteiger partial charge in [-0.15, -0.1) is 0 Å². The van der Waals surface area contributed by atoms with Gasteiger partial charge in [0.15, 0.2) is 5.75 Å². The molecular formula is C12H17NO2. The summed E-state index contributed by atoms with van der Waals surface area (Å²) in [7, 11) is 0. The molecular weight excluding hydrogens is 190 g/mol. The molecule has 0 radical (unpaired) electrons. The van der Waals surface area contributed by atoms with Crippen LogP contribution in [-0.4, -0.2) is 5.91 Å². The molecule has 15 heavy (non-hydrogen) atoms. The van der Waals surface area contributed by atoms with Crippen LogP contribution < -0.4 is 10.3 Å². The SMILES string of the molecule is CC(=O)NOc1ccccc1CC(C)C. The fourth-order valence-corrected chi connectivity index (χ4v) is 1.34. The van der Waals surface area contributed by atoms with Crippen molar-refractivity contribution in [3.63, 3.8) is 0 Å². The topological polar surface area (TPSA) is 38.3 Å². The average molecular weight is 207 g/mol. The van der Waals surface area contributed by atoms with Crippen LogP contribution in [0.5, 0.6) is 5.75 Å². The number of amides is 1. The number of hydrogen-bond acceptors (Lipinski definition) is 2. The van der Waals surface area contributed by atoms with Crippen molar-refractivity contribution >= 4 is 5.91 Å². The summed E-state index contributed by atoms with van der Waals surface area (Å²) >= 11 is 0. The van der Waals surface area contributed by atoms with Crippen molar-refractivity contribution < 1.29 is 9.63 Å². The molecule has 0 aliphatic rings. The Labute approximate surface area is 90.4 Å². The van der Waals surface area contributed by atoms with Gasteiger partial charge in [-0.2, -0.15) is 5.48 Å². The van der Waals surface area contributed by atoms with Gasteiger partial charge in [-0.05, 0) is 24.0 Å². The third kappa shape index (κ3) is 4.02. The zero-order chi connectivity index (χ0) is 11.3.